The van der Waals surface area contributed by atoms with Crippen LogP contribution in [0.1, 0.15) is 16.8 Å². The van der Waals surface area contributed by atoms with Crippen molar-refractivity contribution in [2.75, 3.05) is 18.4 Å². The predicted molar refractivity (Wildman–Crippen MR) is 77.0 cm³/mol. The van der Waals surface area contributed by atoms with Crippen molar-refractivity contribution in [1.29, 1.82) is 0 Å². The fourth-order valence-corrected chi connectivity index (χ4v) is 3.09. The first-order valence-electron chi connectivity index (χ1n) is 5.42. The summed E-state index contributed by atoms with van der Waals surface area (Å²) >= 11 is 12.8. The molecule has 1 aromatic carbocycles. The van der Waals surface area contributed by atoms with E-state index in [9.17, 15) is 4.79 Å². The number of halogens is 3. The highest BCUT2D eigenvalue weighted by Gasteiger charge is 2.27. The molecule has 1 unspecified atom stereocenters. The van der Waals surface area contributed by atoms with Crippen LogP contribution in [0.25, 0.3) is 0 Å². The van der Waals surface area contributed by atoms with Crippen molar-refractivity contribution in [2.45, 2.75) is 6.42 Å². The Morgan fingerprint density at radius 1 is 1.53 bits per heavy atom. The first-order valence-corrected chi connectivity index (χ1v) is 7.71. The molecule has 0 N–H and O–H groups in total. The van der Waals surface area contributed by atoms with Gasteiger partial charge in [0.05, 0.1) is 5.56 Å². The summed E-state index contributed by atoms with van der Waals surface area (Å²) in [5.74, 6) is 0.625. The van der Waals surface area contributed by atoms with Gasteiger partial charge in [0.1, 0.15) is 0 Å². The molecule has 1 heterocycles. The molecule has 1 amide bonds. The molecule has 0 spiro atoms. The first-order chi connectivity index (χ1) is 8.11. The van der Waals surface area contributed by atoms with Gasteiger partial charge in [-0.25, -0.2) is 0 Å². The van der Waals surface area contributed by atoms with Crippen LogP contribution in [0, 0.1) is 5.92 Å². The zero-order chi connectivity index (χ0) is 12.4. The van der Waals surface area contributed by atoms with E-state index < -0.39 is 0 Å². The second-order valence-electron chi connectivity index (χ2n) is 4.18. The molecule has 1 saturated heterocycles. The fourth-order valence-electron chi connectivity index (χ4n) is 1.97. The summed E-state index contributed by atoms with van der Waals surface area (Å²) in [5.41, 5.74) is 0.646. The standard InChI is InChI=1S/C12H12Br2ClNO/c13-6-8-3-4-16(7-8)12(17)10-5-9(15)1-2-11(10)14/h1-2,5,8H,3-4,6-7H2. The van der Waals surface area contributed by atoms with Gasteiger partial charge in [-0.15, -0.1) is 0 Å². The van der Waals surface area contributed by atoms with Crippen molar-refractivity contribution in [3.05, 3.63) is 33.3 Å². The minimum atomic E-state index is 0.0582. The monoisotopic (exact) mass is 379 g/mol. The summed E-state index contributed by atoms with van der Waals surface area (Å²) < 4.78 is 0.800. The second-order valence-corrected chi connectivity index (χ2v) is 6.12. The van der Waals surface area contributed by atoms with E-state index in [1.807, 2.05) is 11.0 Å². The first kappa shape index (κ1) is 13.4. The van der Waals surface area contributed by atoms with Crippen molar-refractivity contribution in [3.63, 3.8) is 0 Å². The maximum Gasteiger partial charge on any atom is 0.255 e. The molecule has 1 aliphatic rings. The molecule has 5 heteroatoms. The molecule has 92 valence electrons. The number of carbonyl (C=O) groups is 1. The predicted octanol–water partition coefficient (Wildman–Crippen LogP) is 3.96. The van der Waals surface area contributed by atoms with Crippen LogP contribution in [0.15, 0.2) is 22.7 Å². The largest absolute Gasteiger partial charge is 0.338 e. The minimum Gasteiger partial charge on any atom is -0.338 e. The molecule has 2 rings (SSSR count). The molecule has 0 bridgehead atoms. The lowest BCUT2D eigenvalue weighted by atomic mass is 10.2. The molecule has 1 fully saturated rings. The molecular weight excluding hydrogens is 369 g/mol. The van der Waals surface area contributed by atoms with Gasteiger partial charge < -0.3 is 4.90 Å². The van der Waals surface area contributed by atoms with Gasteiger partial charge in [-0.3, -0.25) is 4.79 Å². The Balaban J connectivity index is 2.17. The van der Waals surface area contributed by atoms with E-state index in [4.69, 9.17) is 11.6 Å². The highest BCUT2D eigenvalue weighted by molar-refractivity contribution is 9.10. The van der Waals surface area contributed by atoms with E-state index in [-0.39, 0.29) is 5.91 Å². The highest BCUT2D eigenvalue weighted by atomic mass is 79.9. The van der Waals surface area contributed by atoms with Gasteiger partial charge in [-0.1, -0.05) is 27.5 Å². The molecule has 2 nitrogen and oxygen atoms in total. The van der Waals surface area contributed by atoms with E-state index in [2.05, 4.69) is 31.9 Å². The summed E-state index contributed by atoms with van der Waals surface area (Å²) in [7, 11) is 0. The summed E-state index contributed by atoms with van der Waals surface area (Å²) in [6, 6.07) is 5.30. The lowest BCUT2D eigenvalue weighted by Crippen LogP contribution is -2.29. The van der Waals surface area contributed by atoms with E-state index in [1.54, 1.807) is 12.1 Å². The third kappa shape index (κ3) is 3.04. The number of alkyl halides is 1. The highest BCUT2D eigenvalue weighted by Crippen LogP contribution is 2.26. The molecule has 0 radical (unpaired) electrons. The summed E-state index contributed by atoms with van der Waals surface area (Å²) in [4.78, 5) is 14.2. The third-order valence-corrected chi connectivity index (χ3v) is 4.79. The Morgan fingerprint density at radius 3 is 2.94 bits per heavy atom. The van der Waals surface area contributed by atoms with Gasteiger partial charge in [0.15, 0.2) is 0 Å². The number of likely N-dealkylation sites (tertiary alicyclic amines) is 1. The summed E-state index contributed by atoms with van der Waals surface area (Å²) in [6.07, 6.45) is 1.06. The Kier molecular flexibility index (Phi) is 4.50. The summed E-state index contributed by atoms with van der Waals surface area (Å²) in [6.45, 7) is 1.65. The molecule has 0 aromatic heterocycles. The number of hydrogen-bond acceptors (Lipinski definition) is 1. The van der Waals surface area contributed by atoms with E-state index >= 15 is 0 Å². The SMILES string of the molecule is O=C(c1cc(Cl)ccc1Br)N1CCC(CBr)C1. The Morgan fingerprint density at radius 2 is 2.29 bits per heavy atom. The zero-order valence-electron chi connectivity index (χ0n) is 9.13. The number of nitrogens with zero attached hydrogens (tertiary/aromatic N) is 1. The van der Waals surface area contributed by atoms with Crippen molar-refractivity contribution >= 4 is 49.4 Å². The van der Waals surface area contributed by atoms with E-state index in [0.29, 0.717) is 16.5 Å². The van der Waals surface area contributed by atoms with Gasteiger partial charge >= 0.3 is 0 Å². The van der Waals surface area contributed by atoms with Gasteiger partial charge in [-0.05, 0) is 46.5 Å². The van der Waals surface area contributed by atoms with Crippen LogP contribution in [0.2, 0.25) is 5.02 Å². The lowest BCUT2D eigenvalue weighted by molar-refractivity contribution is 0.0787. The van der Waals surface area contributed by atoms with Crippen molar-refractivity contribution in [1.82, 2.24) is 4.90 Å². The molecule has 17 heavy (non-hydrogen) atoms. The van der Waals surface area contributed by atoms with Gasteiger partial charge in [-0.2, -0.15) is 0 Å². The number of amides is 1. The van der Waals surface area contributed by atoms with Crippen LogP contribution in [-0.4, -0.2) is 29.2 Å². The van der Waals surface area contributed by atoms with Crippen LogP contribution >= 0.6 is 43.5 Å². The third-order valence-electron chi connectivity index (χ3n) is 2.95. The van der Waals surface area contributed by atoms with Crippen LogP contribution < -0.4 is 0 Å². The maximum atomic E-state index is 12.3. The molecule has 0 saturated carbocycles. The second kappa shape index (κ2) is 5.72. The molecule has 1 aromatic rings. The van der Waals surface area contributed by atoms with E-state index in [1.165, 1.54) is 0 Å². The molecule has 1 atom stereocenters. The number of hydrogen-bond donors (Lipinski definition) is 0. The number of benzene rings is 1. The van der Waals surface area contributed by atoms with Gasteiger partial charge in [0.2, 0.25) is 0 Å². The quantitative estimate of drug-likeness (QED) is 0.710. The molecule has 1 aliphatic heterocycles. The zero-order valence-corrected chi connectivity index (χ0v) is 13.1. The van der Waals surface area contributed by atoms with Crippen molar-refractivity contribution < 1.29 is 4.79 Å². The normalized spacial score (nSPS) is 19.7. The Hall–Kier alpha value is -0.0600. The topological polar surface area (TPSA) is 20.3 Å². The fraction of sp³-hybridized carbons (Fsp3) is 0.417. The van der Waals surface area contributed by atoms with Crippen LogP contribution in [0.4, 0.5) is 0 Å². The van der Waals surface area contributed by atoms with Crippen LogP contribution in [0.3, 0.4) is 0 Å². The average Bonchev–Trinajstić information content (AvgIpc) is 2.80. The maximum absolute atomic E-state index is 12.3. The Labute approximate surface area is 123 Å². The van der Waals surface area contributed by atoms with Gasteiger partial charge in [0, 0.05) is 27.9 Å². The smallest absolute Gasteiger partial charge is 0.255 e. The lowest BCUT2D eigenvalue weighted by Gasteiger charge is -2.17. The minimum absolute atomic E-state index is 0.0582. The van der Waals surface area contributed by atoms with Crippen molar-refractivity contribution in [3.8, 4) is 0 Å². The summed E-state index contributed by atoms with van der Waals surface area (Å²) in [5, 5.41) is 1.54. The number of carbonyl (C=O) groups excluding carboxylic acids is 1. The molecule has 0 aliphatic carbocycles. The average molecular weight is 381 g/mol. The van der Waals surface area contributed by atoms with Crippen LogP contribution in [0.5, 0.6) is 0 Å². The van der Waals surface area contributed by atoms with Crippen molar-refractivity contribution in [2.24, 2.45) is 5.92 Å². The Bertz CT molecular complexity index is 439. The van der Waals surface area contributed by atoms with Crippen LogP contribution in [-0.2, 0) is 0 Å². The van der Waals surface area contributed by atoms with E-state index in [0.717, 1.165) is 29.3 Å². The number of rotatable bonds is 2. The van der Waals surface area contributed by atoms with Gasteiger partial charge in [0.25, 0.3) is 5.91 Å². The molecular formula is C12H12Br2ClNO.